The summed E-state index contributed by atoms with van der Waals surface area (Å²) in [4.78, 5) is 27.1. The van der Waals surface area contributed by atoms with Crippen molar-refractivity contribution in [3.05, 3.63) is 194 Å². The van der Waals surface area contributed by atoms with Crippen LogP contribution in [0.25, 0.3) is 33.7 Å². The summed E-state index contributed by atoms with van der Waals surface area (Å²) < 4.78 is 74.3. The van der Waals surface area contributed by atoms with E-state index in [-0.39, 0.29) is 108 Å². The van der Waals surface area contributed by atoms with Gasteiger partial charge in [-0.15, -0.1) is 0 Å². The van der Waals surface area contributed by atoms with Crippen LogP contribution in [0.1, 0.15) is 14.0 Å². The minimum Gasteiger partial charge on any atom is -1.00 e. The molecule has 22 heteroatoms. The van der Waals surface area contributed by atoms with Crippen LogP contribution in [-0.2, 0) is 20.2 Å². The number of nitrogen functional groups attached to an aromatic ring is 2. The van der Waals surface area contributed by atoms with E-state index in [0.29, 0.717) is 22.7 Å². The Morgan fingerprint density at radius 1 is 0.473 bits per heavy atom. The summed E-state index contributed by atoms with van der Waals surface area (Å²) >= 11 is 0. The zero-order valence-corrected chi connectivity index (χ0v) is 45.2. The van der Waals surface area contributed by atoms with Gasteiger partial charge >= 0.3 is 59.1 Å². The Hall–Kier alpha value is -7.34. The molecule has 74 heavy (non-hydrogen) atoms. The third-order valence-corrected chi connectivity index (χ3v) is 13.4. The van der Waals surface area contributed by atoms with Crippen LogP contribution in [0, 0.1) is 0 Å². The SMILES string of the molecule is Nc1ccc(Nc2cccc3ccccc23)cc1N(c1ccc(C=Cc2ccc(N(c3ncncn3)c3cc(Nc4cccc5ccccc45)ccc3N)cc2S(=O)(=O)O)c(S(=O)(=O)O)c1)c1ncncn1.[H-].[H-].[Na+].[Na+]. The Labute approximate surface area is 472 Å². The van der Waals surface area contributed by atoms with Crippen molar-refractivity contribution in [2.75, 3.05) is 31.9 Å². The number of fused-ring (bicyclic) bond motifs is 2. The molecule has 0 atom stereocenters. The fourth-order valence-corrected chi connectivity index (χ4v) is 9.66. The van der Waals surface area contributed by atoms with Crippen LogP contribution in [0.15, 0.2) is 193 Å². The predicted octanol–water partition coefficient (Wildman–Crippen LogP) is 4.85. The molecule has 2 heterocycles. The van der Waals surface area contributed by atoms with Crippen LogP contribution in [-0.4, -0.2) is 55.8 Å². The largest absolute Gasteiger partial charge is 1.00 e. The molecular weight excluding hydrogens is 999 g/mol. The van der Waals surface area contributed by atoms with Gasteiger partial charge in [0.2, 0.25) is 11.9 Å². The van der Waals surface area contributed by atoms with Crippen LogP contribution < -0.4 is 91.0 Å². The van der Waals surface area contributed by atoms with Crippen molar-refractivity contribution in [1.82, 2.24) is 29.9 Å². The normalized spacial score (nSPS) is 11.4. The number of nitrogens with two attached hydrogens (primary N) is 2. The topological polar surface area (TPSA) is 269 Å². The molecule has 2 aromatic heterocycles. The van der Waals surface area contributed by atoms with Gasteiger partial charge in [-0.05, 0) is 94.7 Å². The van der Waals surface area contributed by atoms with E-state index in [1.54, 1.807) is 48.5 Å². The van der Waals surface area contributed by atoms with Crippen molar-refractivity contribution in [2.45, 2.75) is 9.79 Å². The monoisotopic (exact) mass is 1040 g/mol. The molecule has 0 bridgehead atoms. The van der Waals surface area contributed by atoms with Gasteiger partial charge in [0.25, 0.3) is 20.2 Å². The third-order valence-electron chi connectivity index (χ3n) is 11.5. The van der Waals surface area contributed by atoms with E-state index >= 15 is 0 Å². The van der Waals surface area contributed by atoms with Gasteiger partial charge in [-0.1, -0.05) is 97.1 Å². The van der Waals surface area contributed by atoms with Crippen molar-refractivity contribution in [3.8, 4) is 0 Å². The Morgan fingerprint density at radius 3 is 1.24 bits per heavy atom. The molecule has 18 nitrogen and oxygen atoms in total. The van der Waals surface area contributed by atoms with E-state index in [9.17, 15) is 25.9 Å². The molecule has 0 fully saturated rings. The zero-order valence-electron chi connectivity index (χ0n) is 41.6. The van der Waals surface area contributed by atoms with E-state index in [1.807, 2.05) is 84.9 Å². The molecule has 10 rings (SSSR count). The first-order valence-corrected chi connectivity index (χ1v) is 24.7. The summed E-state index contributed by atoms with van der Waals surface area (Å²) in [7, 11) is -9.96. The standard InChI is InChI=1S/C52H40N12O6S2.2Na.2H/c53-43-23-19-37(61-45-13-5-9-33-7-1-3-11-41(33)45)25-47(43)63(51-57-29-55-30-58-51)39-21-17-35(49(27-39)71(65,66)67)15-16-36-18-22-40(28-50(36)72(68,69)70)64(52-59-31-56-32-60-52)48-26-38(20-24-44(48)54)62-46-14-6-10-34-8-2-4-12-42(34)46;;;;/h1-32,61-62H,53-54H2,(H,65,66,67)(H,68,69,70);;;;/q;2*+1;2*-1. The smallest absolute Gasteiger partial charge is 1.00 e. The summed E-state index contributed by atoms with van der Waals surface area (Å²) in [5.74, 6) is 0.143. The number of rotatable bonds is 14. The Balaban J connectivity index is 0.00000234. The molecular formula is C52H42N12Na2O6S2. The second-order valence-corrected chi connectivity index (χ2v) is 18.9. The molecule has 0 amide bonds. The maximum Gasteiger partial charge on any atom is 1.00 e. The van der Waals surface area contributed by atoms with Gasteiger partial charge in [0.1, 0.15) is 35.1 Å². The first-order valence-electron chi connectivity index (χ1n) is 21.8. The molecule has 0 radical (unpaired) electrons. The van der Waals surface area contributed by atoms with E-state index < -0.39 is 30.0 Å². The molecule has 8 N–H and O–H groups in total. The number of aromatic nitrogens is 6. The van der Waals surface area contributed by atoms with Gasteiger partial charge in [-0.3, -0.25) is 18.9 Å². The minimum atomic E-state index is -4.98. The molecule has 0 unspecified atom stereocenters. The van der Waals surface area contributed by atoms with Gasteiger partial charge in [0, 0.05) is 33.5 Å². The number of nitrogens with zero attached hydrogens (tertiary/aromatic N) is 8. The average molecular weight is 1040 g/mol. The quantitative estimate of drug-likeness (QED) is 0.0368. The molecule has 0 saturated carbocycles. The van der Waals surface area contributed by atoms with E-state index in [0.717, 1.165) is 32.9 Å². The third kappa shape index (κ3) is 11.4. The van der Waals surface area contributed by atoms with Gasteiger partial charge in [0.15, 0.2) is 0 Å². The van der Waals surface area contributed by atoms with Crippen LogP contribution in [0.4, 0.5) is 68.8 Å². The Bertz CT molecular complexity index is 3710. The predicted molar refractivity (Wildman–Crippen MR) is 283 cm³/mol. The Kier molecular flexibility index (Phi) is 16.0. The van der Waals surface area contributed by atoms with Crippen molar-refractivity contribution in [1.29, 1.82) is 0 Å². The molecule has 0 saturated heterocycles. The minimum absolute atomic E-state index is 0. The fourth-order valence-electron chi connectivity index (χ4n) is 8.26. The van der Waals surface area contributed by atoms with Gasteiger partial charge in [0.05, 0.1) is 34.1 Å². The summed E-state index contributed by atoms with van der Waals surface area (Å²) in [6, 6.07) is 46.3. The number of hydrogen-bond acceptors (Lipinski definition) is 16. The summed E-state index contributed by atoms with van der Waals surface area (Å²) in [5.41, 5.74) is 17.7. The number of nitrogens with one attached hydrogen (secondary N) is 2. The van der Waals surface area contributed by atoms with Crippen molar-refractivity contribution < 1.29 is 87.9 Å². The number of hydrogen-bond donors (Lipinski definition) is 6. The molecule has 10 aromatic rings. The van der Waals surface area contributed by atoms with E-state index in [2.05, 4.69) is 40.5 Å². The van der Waals surface area contributed by atoms with Crippen LogP contribution >= 0.6 is 0 Å². The molecule has 0 spiro atoms. The maximum atomic E-state index is 13.2. The second-order valence-electron chi connectivity index (χ2n) is 16.1. The van der Waals surface area contributed by atoms with Crippen molar-refractivity contribution >= 4 is 123 Å². The molecule has 0 aliphatic carbocycles. The first kappa shape index (κ1) is 53.0. The van der Waals surface area contributed by atoms with Crippen molar-refractivity contribution in [2.24, 2.45) is 0 Å². The zero-order chi connectivity index (χ0) is 50.0. The van der Waals surface area contributed by atoms with Crippen LogP contribution in [0.2, 0.25) is 0 Å². The maximum absolute atomic E-state index is 13.2. The fraction of sp³-hybridized carbons (Fsp3) is 0. The summed E-state index contributed by atoms with van der Waals surface area (Å²) in [6.07, 6.45) is 7.64. The summed E-state index contributed by atoms with van der Waals surface area (Å²) in [6.45, 7) is 0. The number of benzene rings is 8. The van der Waals surface area contributed by atoms with E-state index in [4.69, 9.17) is 11.5 Å². The van der Waals surface area contributed by atoms with Crippen molar-refractivity contribution in [3.63, 3.8) is 0 Å². The Morgan fingerprint density at radius 2 is 0.851 bits per heavy atom. The first-order chi connectivity index (χ1) is 34.8. The molecule has 360 valence electrons. The van der Waals surface area contributed by atoms with Gasteiger partial charge in [-0.2, -0.15) is 16.8 Å². The molecule has 0 aliphatic heterocycles. The van der Waals surface area contributed by atoms with Crippen LogP contribution in [0.5, 0.6) is 0 Å². The second kappa shape index (κ2) is 22.4. The molecule has 0 aliphatic rings. The van der Waals surface area contributed by atoms with Gasteiger partial charge in [-0.25, -0.2) is 29.9 Å². The molecule has 8 aromatic carbocycles. The number of anilines is 12. The summed E-state index contributed by atoms with van der Waals surface area (Å²) in [5, 5.41) is 10.9. The van der Waals surface area contributed by atoms with E-state index in [1.165, 1.54) is 71.5 Å². The average Bonchev–Trinajstić information content (AvgIpc) is 3.38. The van der Waals surface area contributed by atoms with Gasteiger partial charge < -0.3 is 25.0 Å². The van der Waals surface area contributed by atoms with Crippen LogP contribution in [0.3, 0.4) is 0 Å².